The molecule has 1 heterocycles. The first-order valence-electron chi connectivity index (χ1n) is 12.7. The predicted octanol–water partition coefficient (Wildman–Crippen LogP) is 5.10. The van der Waals surface area contributed by atoms with Crippen LogP contribution in [0.5, 0.6) is 11.5 Å². The number of carbonyl (C=O) groups is 1. The van der Waals surface area contributed by atoms with E-state index in [2.05, 4.69) is 29.3 Å². The Bertz CT molecular complexity index is 940. The second-order valence-electron chi connectivity index (χ2n) is 9.60. The van der Waals surface area contributed by atoms with E-state index >= 15 is 0 Å². The number of anilines is 1. The molecule has 1 aliphatic heterocycles. The van der Waals surface area contributed by atoms with Crippen LogP contribution in [0.1, 0.15) is 62.1 Å². The van der Waals surface area contributed by atoms with Gasteiger partial charge in [-0.2, -0.15) is 0 Å². The fourth-order valence-electron chi connectivity index (χ4n) is 5.46. The van der Waals surface area contributed by atoms with Crippen molar-refractivity contribution in [2.75, 3.05) is 32.2 Å². The number of nitrogens with one attached hydrogen (secondary N) is 1. The number of ether oxygens (including phenoxy) is 2. The quantitative estimate of drug-likeness (QED) is 0.538. The third-order valence-electron chi connectivity index (χ3n) is 7.22. The Labute approximate surface area is 203 Å². The number of piperidine rings is 1. The Morgan fingerprint density at radius 2 is 1.76 bits per heavy atom. The molecule has 1 saturated carbocycles. The molecule has 2 aliphatic rings. The molecule has 184 valence electrons. The maximum Gasteiger partial charge on any atom is 0.249 e. The number of carbonyl (C=O) groups excluding carboxylic acids is 1. The number of nitrogens with zero attached hydrogens (tertiary/aromatic N) is 1. The number of aliphatic hydroxyl groups is 1. The number of rotatable bonds is 9. The zero-order valence-corrected chi connectivity index (χ0v) is 20.5. The highest BCUT2D eigenvalue weighted by Gasteiger charge is 2.37. The second kappa shape index (κ2) is 11.6. The van der Waals surface area contributed by atoms with Gasteiger partial charge in [0, 0.05) is 36.5 Å². The van der Waals surface area contributed by atoms with E-state index in [9.17, 15) is 4.79 Å². The standard InChI is InChI=1S/C28H38N2O4/c1-20-10-12-22(13-11-20)27(29-23-17-24(33-2)19-25(18-23)34-16-15-31)28(32)30-14-6-5-9-26(30)21-7-3-4-8-21/h10-13,17-19,21,26-27,29,31H,3-9,14-16H2,1-2H3. The van der Waals surface area contributed by atoms with Gasteiger partial charge in [-0.05, 0) is 50.5 Å². The number of likely N-dealkylation sites (tertiary alicyclic amines) is 1. The Kier molecular flexibility index (Phi) is 8.33. The molecule has 0 spiro atoms. The van der Waals surface area contributed by atoms with Gasteiger partial charge in [-0.25, -0.2) is 0 Å². The summed E-state index contributed by atoms with van der Waals surface area (Å²) in [6.07, 6.45) is 8.40. The van der Waals surface area contributed by atoms with Crippen molar-refractivity contribution < 1.29 is 19.4 Å². The summed E-state index contributed by atoms with van der Waals surface area (Å²) < 4.78 is 11.1. The van der Waals surface area contributed by atoms with Crippen LogP contribution in [0.2, 0.25) is 0 Å². The number of methoxy groups -OCH3 is 1. The van der Waals surface area contributed by atoms with Crippen molar-refractivity contribution in [2.24, 2.45) is 5.92 Å². The van der Waals surface area contributed by atoms with Gasteiger partial charge in [0.1, 0.15) is 24.1 Å². The molecular weight excluding hydrogens is 428 g/mol. The smallest absolute Gasteiger partial charge is 0.249 e. The average Bonchev–Trinajstić information content (AvgIpc) is 3.41. The summed E-state index contributed by atoms with van der Waals surface area (Å²) in [5.74, 6) is 1.99. The van der Waals surface area contributed by atoms with Crippen LogP contribution in [0.4, 0.5) is 5.69 Å². The van der Waals surface area contributed by atoms with Crippen molar-refractivity contribution in [3.8, 4) is 11.5 Å². The Hall–Kier alpha value is -2.73. The van der Waals surface area contributed by atoms with Crippen LogP contribution in [-0.2, 0) is 4.79 Å². The number of benzene rings is 2. The zero-order chi connectivity index (χ0) is 23.9. The highest BCUT2D eigenvalue weighted by atomic mass is 16.5. The van der Waals surface area contributed by atoms with Crippen LogP contribution in [0.25, 0.3) is 0 Å². The molecule has 0 radical (unpaired) electrons. The van der Waals surface area contributed by atoms with Gasteiger partial charge in [-0.3, -0.25) is 4.79 Å². The molecule has 6 heteroatoms. The van der Waals surface area contributed by atoms with E-state index in [-0.39, 0.29) is 19.1 Å². The van der Waals surface area contributed by atoms with Crippen molar-refractivity contribution >= 4 is 11.6 Å². The topological polar surface area (TPSA) is 71.0 Å². The lowest BCUT2D eigenvalue weighted by Gasteiger charge is -2.41. The number of amides is 1. The monoisotopic (exact) mass is 466 g/mol. The van der Waals surface area contributed by atoms with E-state index in [1.54, 1.807) is 13.2 Å². The van der Waals surface area contributed by atoms with Crippen molar-refractivity contribution in [1.82, 2.24) is 4.90 Å². The Morgan fingerprint density at radius 1 is 1.06 bits per heavy atom. The van der Waals surface area contributed by atoms with Crippen molar-refractivity contribution in [1.29, 1.82) is 0 Å². The van der Waals surface area contributed by atoms with Crippen LogP contribution in [-0.4, -0.2) is 48.8 Å². The summed E-state index contributed by atoms with van der Waals surface area (Å²) in [7, 11) is 1.61. The zero-order valence-electron chi connectivity index (χ0n) is 20.5. The molecule has 4 rings (SSSR count). The molecule has 2 N–H and O–H groups in total. The van der Waals surface area contributed by atoms with Crippen LogP contribution in [0.15, 0.2) is 42.5 Å². The molecule has 2 atom stereocenters. The molecule has 2 aromatic carbocycles. The molecule has 0 aromatic heterocycles. The molecule has 1 aliphatic carbocycles. The van der Waals surface area contributed by atoms with E-state index in [1.807, 2.05) is 24.3 Å². The van der Waals surface area contributed by atoms with Gasteiger partial charge < -0.3 is 24.8 Å². The highest BCUT2D eigenvalue weighted by Crippen LogP contribution is 2.37. The molecule has 6 nitrogen and oxygen atoms in total. The lowest BCUT2D eigenvalue weighted by atomic mass is 9.88. The van der Waals surface area contributed by atoms with Crippen molar-refractivity contribution in [3.05, 3.63) is 53.6 Å². The van der Waals surface area contributed by atoms with Gasteiger partial charge in [0.2, 0.25) is 5.91 Å². The molecule has 1 saturated heterocycles. The maximum atomic E-state index is 14.1. The van der Waals surface area contributed by atoms with E-state index in [0.29, 0.717) is 23.5 Å². The van der Waals surface area contributed by atoms with E-state index in [0.717, 1.165) is 36.2 Å². The summed E-state index contributed by atoms with van der Waals surface area (Å²) >= 11 is 0. The van der Waals surface area contributed by atoms with E-state index < -0.39 is 6.04 Å². The van der Waals surface area contributed by atoms with Gasteiger partial charge in [-0.1, -0.05) is 42.7 Å². The predicted molar refractivity (Wildman–Crippen MR) is 134 cm³/mol. The minimum atomic E-state index is -0.500. The summed E-state index contributed by atoms with van der Waals surface area (Å²) in [6.45, 7) is 3.01. The van der Waals surface area contributed by atoms with Crippen LogP contribution in [0.3, 0.4) is 0 Å². The maximum absolute atomic E-state index is 14.1. The van der Waals surface area contributed by atoms with Crippen LogP contribution >= 0.6 is 0 Å². The summed E-state index contributed by atoms with van der Waals surface area (Å²) in [5, 5.41) is 12.7. The number of hydrogen-bond acceptors (Lipinski definition) is 5. The summed E-state index contributed by atoms with van der Waals surface area (Å²) in [4.78, 5) is 16.3. The highest BCUT2D eigenvalue weighted by molar-refractivity contribution is 5.86. The molecule has 1 amide bonds. The van der Waals surface area contributed by atoms with Gasteiger partial charge in [0.25, 0.3) is 0 Å². The first-order chi connectivity index (χ1) is 16.6. The summed E-state index contributed by atoms with van der Waals surface area (Å²) in [5.41, 5.74) is 2.87. The lowest BCUT2D eigenvalue weighted by Crippen LogP contribution is -2.50. The average molecular weight is 467 g/mol. The fraction of sp³-hybridized carbons (Fsp3) is 0.536. The Morgan fingerprint density at radius 3 is 2.47 bits per heavy atom. The molecular formula is C28H38N2O4. The van der Waals surface area contributed by atoms with E-state index in [4.69, 9.17) is 14.6 Å². The second-order valence-corrected chi connectivity index (χ2v) is 9.60. The number of aliphatic hydroxyl groups excluding tert-OH is 1. The van der Waals surface area contributed by atoms with E-state index in [1.165, 1.54) is 32.1 Å². The van der Waals surface area contributed by atoms with Crippen molar-refractivity contribution in [2.45, 2.75) is 64.0 Å². The third kappa shape index (κ3) is 5.84. The normalized spacial score (nSPS) is 19.6. The lowest BCUT2D eigenvalue weighted by molar-refractivity contribution is -0.137. The van der Waals surface area contributed by atoms with Gasteiger partial charge in [0.05, 0.1) is 13.7 Å². The minimum absolute atomic E-state index is 0.0675. The molecule has 2 aromatic rings. The SMILES string of the molecule is COc1cc(NC(C(=O)N2CCCCC2C2CCCC2)c2ccc(C)cc2)cc(OCCO)c1. The third-order valence-corrected chi connectivity index (χ3v) is 7.22. The van der Waals surface area contributed by atoms with Gasteiger partial charge >= 0.3 is 0 Å². The van der Waals surface area contributed by atoms with Gasteiger partial charge in [-0.15, -0.1) is 0 Å². The Balaban J connectivity index is 1.64. The number of aryl methyl sites for hydroxylation is 1. The first kappa shape index (κ1) is 24.4. The van der Waals surface area contributed by atoms with Crippen LogP contribution in [0, 0.1) is 12.8 Å². The van der Waals surface area contributed by atoms with Crippen molar-refractivity contribution in [3.63, 3.8) is 0 Å². The molecule has 34 heavy (non-hydrogen) atoms. The number of hydrogen-bond donors (Lipinski definition) is 2. The largest absolute Gasteiger partial charge is 0.497 e. The van der Waals surface area contributed by atoms with Crippen LogP contribution < -0.4 is 14.8 Å². The first-order valence-corrected chi connectivity index (χ1v) is 12.7. The molecule has 0 bridgehead atoms. The fourth-order valence-corrected chi connectivity index (χ4v) is 5.46. The van der Waals surface area contributed by atoms with Gasteiger partial charge in [0.15, 0.2) is 0 Å². The molecule has 2 fully saturated rings. The molecule has 2 unspecified atom stereocenters. The minimum Gasteiger partial charge on any atom is -0.497 e. The summed E-state index contributed by atoms with van der Waals surface area (Å²) in [6, 6.07) is 13.6.